The summed E-state index contributed by atoms with van der Waals surface area (Å²) in [5.74, 6) is -0.523. The van der Waals surface area contributed by atoms with Crippen molar-refractivity contribution < 1.29 is 18.7 Å². The Kier molecular flexibility index (Phi) is 3.73. The van der Waals surface area contributed by atoms with Gasteiger partial charge in [-0.05, 0) is 31.2 Å². The molecule has 0 saturated heterocycles. The molecule has 25 heavy (non-hydrogen) atoms. The zero-order valence-corrected chi connectivity index (χ0v) is 13.6. The monoisotopic (exact) mass is 332 g/mol. The van der Waals surface area contributed by atoms with Crippen molar-refractivity contribution in [2.24, 2.45) is 5.92 Å². The number of furan rings is 1. The Morgan fingerprint density at radius 1 is 1.00 bits per heavy atom. The lowest BCUT2D eigenvalue weighted by atomic mass is 9.82. The SMILES string of the molecule is Cc1ccc2c(c1)C(=O)C(C(=O)c1ccccc1)C(c1ccco1)O2. The Hall–Kier alpha value is -3.14. The van der Waals surface area contributed by atoms with E-state index < -0.39 is 12.0 Å². The number of ether oxygens (including phenoxy) is 1. The van der Waals surface area contributed by atoms with Crippen molar-refractivity contribution in [1.29, 1.82) is 0 Å². The minimum Gasteiger partial charge on any atom is -0.480 e. The first-order valence-corrected chi connectivity index (χ1v) is 8.09. The predicted molar refractivity (Wildman–Crippen MR) is 91.8 cm³/mol. The first-order chi connectivity index (χ1) is 12.1. The van der Waals surface area contributed by atoms with Gasteiger partial charge < -0.3 is 9.15 Å². The van der Waals surface area contributed by atoms with Crippen molar-refractivity contribution in [3.8, 4) is 5.75 Å². The second kappa shape index (κ2) is 6.06. The van der Waals surface area contributed by atoms with E-state index in [1.165, 1.54) is 6.26 Å². The Balaban J connectivity index is 1.83. The van der Waals surface area contributed by atoms with Crippen LogP contribution in [0.2, 0.25) is 0 Å². The summed E-state index contributed by atoms with van der Waals surface area (Å²) < 4.78 is 11.5. The average Bonchev–Trinajstić information content (AvgIpc) is 3.17. The van der Waals surface area contributed by atoms with Crippen molar-refractivity contribution in [3.05, 3.63) is 89.4 Å². The summed E-state index contributed by atoms with van der Waals surface area (Å²) in [6.07, 6.45) is 0.739. The van der Waals surface area contributed by atoms with Crippen LogP contribution in [0.5, 0.6) is 5.75 Å². The zero-order chi connectivity index (χ0) is 17.4. The number of aryl methyl sites for hydroxylation is 1. The fraction of sp³-hybridized carbons (Fsp3) is 0.143. The van der Waals surface area contributed by atoms with Gasteiger partial charge in [0.05, 0.1) is 11.8 Å². The van der Waals surface area contributed by atoms with E-state index in [2.05, 4.69) is 0 Å². The molecule has 2 aromatic carbocycles. The number of hydrogen-bond acceptors (Lipinski definition) is 4. The maximum absolute atomic E-state index is 13.1. The summed E-state index contributed by atoms with van der Waals surface area (Å²) in [4.78, 5) is 26.2. The molecule has 1 aliphatic rings. The third kappa shape index (κ3) is 2.66. The van der Waals surface area contributed by atoms with Crippen LogP contribution >= 0.6 is 0 Å². The molecule has 0 amide bonds. The van der Waals surface area contributed by atoms with E-state index >= 15 is 0 Å². The van der Waals surface area contributed by atoms with Crippen molar-refractivity contribution in [1.82, 2.24) is 0 Å². The van der Waals surface area contributed by atoms with Crippen molar-refractivity contribution in [3.63, 3.8) is 0 Å². The van der Waals surface area contributed by atoms with Gasteiger partial charge in [-0.25, -0.2) is 0 Å². The summed E-state index contributed by atoms with van der Waals surface area (Å²) >= 11 is 0. The minimum atomic E-state index is -0.970. The third-order valence-electron chi connectivity index (χ3n) is 4.40. The zero-order valence-electron chi connectivity index (χ0n) is 13.6. The van der Waals surface area contributed by atoms with E-state index in [1.54, 1.807) is 48.5 Å². The molecule has 4 nitrogen and oxygen atoms in total. The molecule has 1 aromatic heterocycles. The molecule has 0 fully saturated rings. The molecule has 0 bridgehead atoms. The van der Waals surface area contributed by atoms with E-state index in [9.17, 15) is 9.59 Å². The van der Waals surface area contributed by atoms with Crippen molar-refractivity contribution in [2.75, 3.05) is 0 Å². The number of rotatable bonds is 3. The van der Waals surface area contributed by atoms with Crippen molar-refractivity contribution >= 4 is 11.6 Å². The fourth-order valence-electron chi connectivity index (χ4n) is 3.16. The van der Waals surface area contributed by atoms with Gasteiger partial charge in [0.1, 0.15) is 17.4 Å². The maximum atomic E-state index is 13.1. The number of benzene rings is 2. The fourth-order valence-corrected chi connectivity index (χ4v) is 3.16. The topological polar surface area (TPSA) is 56.5 Å². The van der Waals surface area contributed by atoms with Crippen LogP contribution in [0.1, 0.15) is 38.1 Å². The third-order valence-corrected chi connectivity index (χ3v) is 4.40. The maximum Gasteiger partial charge on any atom is 0.181 e. The summed E-state index contributed by atoms with van der Waals surface area (Å²) in [6.45, 7) is 1.90. The van der Waals surface area contributed by atoms with Gasteiger partial charge in [0, 0.05) is 5.56 Å². The van der Waals surface area contributed by atoms with Gasteiger partial charge in [0.25, 0.3) is 0 Å². The van der Waals surface area contributed by atoms with Gasteiger partial charge in [0.2, 0.25) is 0 Å². The summed E-state index contributed by atoms with van der Waals surface area (Å²) in [6, 6.07) is 17.7. The van der Waals surface area contributed by atoms with Crippen molar-refractivity contribution in [2.45, 2.75) is 13.0 Å². The highest BCUT2D eigenvalue weighted by molar-refractivity contribution is 6.18. The molecule has 3 aromatic rings. The molecule has 0 radical (unpaired) electrons. The highest BCUT2D eigenvalue weighted by atomic mass is 16.5. The molecule has 4 rings (SSSR count). The predicted octanol–water partition coefficient (Wildman–Crippen LogP) is 4.40. The Morgan fingerprint density at radius 2 is 1.80 bits per heavy atom. The van der Waals surface area contributed by atoms with Gasteiger partial charge in [0.15, 0.2) is 17.7 Å². The summed E-state index contributed by atoms with van der Waals surface area (Å²) in [5, 5.41) is 0. The lowest BCUT2D eigenvalue weighted by molar-refractivity contribution is 0.0520. The lowest BCUT2D eigenvalue weighted by Crippen LogP contribution is -2.37. The minimum absolute atomic E-state index is 0.236. The first kappa shape index (κ1) is 15.4. The van der Waals surface area contributed by atoms with Crippen LogP contribution in [0.15, 0.2) is 71.3 Å². The normalized spacial score (nSPS) is 19.2. The molecule has 2 heterocycles. The number of carbonyl (C=O) groups excluding carboxylic acids is 2. The van der Waals surface area contributed by atoms with Crippen LogP contribution in [0.4, 0.5) is 0 Å². The molecule has 0 aliphatic carbocycles. The molecule has 0 N–H and O–H groups in total. The van der Waals surface area contributed by atoms with Crippen LogP contribution in [0.3, 0.4) is 0 Å². The molecule has 0 spiro atoms. The average molecular weight is 332 g/mol. The molecule has 1 aliphatic heterocycles. The van der Waals surface area contributed by atoms with Crippen LogP contribution < -0.4 is 4.74 Å². The van der Waals surface area contributed by atoms with Crippen LogP contribution in [-0.2, 0) is 0 Å². The van der Waals surface area contributed by atoms with Gasteiger partial charge in [-0.2, -0.15) is 0 Å². The van der Waals surface area contributed by atoms with E-state index in [0.29, 0.717) is 22.6 Å². The van der Waals surface area contributed by atoms with Crippen LogP contribution in [0, 0.1) is 12.8 Å². The number of Topliss-reactive ketones (excluding diaryl/α,β-unsaturated/α-hetero) is 2. The number of fused-ring (bicyclic) bond motifs is 1. The Bertz CT molecular complexity index is 926. The largest absolute Gasteiger partial charge is 0.480 e. The molecule has 2 atom stereocenters. The smallest absolute Gasteiger partial charge is 0.181 e. The van der Waals surface area contributed by atoms with E-state index in [4.69, 9.17) is 9.15 Å². The summed E-state index contributed by atoms with van der Waals surface area (Å²) in [5.41, 5.74) is 1.87. The van der Waals surface area contributed by atoms with Gasteiger partial charge in [-0.3, -0.25) is 9.59 Å². The quantitative estimate of drug-likeness (QED) is 0.527. The highest BCUT2D eigenvalue weighted by Gasteiger charge is 2.44. The number of hydrogen-bond donors (Lipinski definition) is 0. The second-order valence-electron chi connectivity index (χ2n) is 6.13. The van der Waals surface area contributed by atoms with Gasteiger partial charge >= 0.3 is 0 Å². The molecule has 2 unspecified atom stereocenters. The molecular formula is C21H16O4. The van der Waals surface area contributed by atoms with E-state index in [1.807, 2.05) is 19.1 Å². The lowest BCUT2D eigenvalue weighted by Gasteiger charge is -2.30. The highest BCUT2D eigenvalue weighted by Crippen LogP contribution is 2.40. The Labute approximate surface area is 145 Å². The van der Waals surface area contributed by atoms with Gasteiger partial charge in [-0.1, -0.05) is 42.0 Å². The van der Waals surface area contributed by atoms with Crippen LogP contribution in [0.25, 0.3) is 0 Å². The van der Waals surface area contributed by atoms with Crippen LogP contribution in [-0.4, -0.2) is 11.6 Å². The number of ketones is 2. The molecule has 0 saturated carbocycles. The molecule has 4 heteroatoms. The Morgan fingerprint density at radius 3 is 2.52 bits per heavy atom. The standard InChI is InChI=1S/C21H16O4/c1-13-9-10-16-15(12-13)20(23)18(19(22)14-6-3-2-4-7-14)21(25-16)17-8-5-11-24-17/h2-12,18,21H,1H3. The molecular weight excluding hydrogens is 316 g/mol. The van der Waals surface area contributed by atoms with E-state index in [-0.39, 0.29) is 11.6 Å². The van der Waals surface area contributed by atoms with E-state index in [0.717, 1.165) is 5.56 Å². The number of carbonyl (C=O) groups is 2. The summed E-state index contributed by atoms with van der Waals surface area (Å²) in [7, 11) is 0. The van der Waals surface area contributed by atoms with Gasteiger partial charge in [-0.15, -0.1) is 0 Å². The second-order valence-corrected chi connectivity index (χ2v) is 6.13. The first-order valence-electron chi connectivity index (χ1n) is 8.09. The molecule has 124 valence electrons.